The summed E-state index contributed by atoms with van der Waals surface area (Å²) in [6.07, 6.45) is 0. The molecule has 0 aromatic heterocycles. The van der Waals surface area contributed by atoms with Gasteiger partial charge < -0.3 is 10.4 Å². The summed E-state index contributed by atoms with van der Waals surface area (Å²) < 4.78 is 22.1. The fourth-order valence-electron chi connectivity index (χ4n) is 1.18. The van der Waals surface area contributed by atoms with E-state index in [0.717, 1.165) is 0 Å². The standard InChI is InChI=1S/C6H11NO4S/c1-6(5(8)9)4-12(10,11)3-2-7-6/h7H,2-4H2,1H3,(H,8,9). The van der Waals surface area contributed by atoms with Gasteiger partial charge in [-0.25, -0.2) is 8.42 Å². The third kappa shape index (κ3) is 1.75. The van der Waals surface area contributed by atoms with Crippen LogP contribution in [0.2, 0.25) is 0 Å². The van der Waals surface area contributed by atoms with Gasteiger partial charge in [-0.1, -0.05) is 0 Å². The summed E-state index contributed by atoms with van der Waals surface area (Å²) in [5.41, 5.74) is -1.31. The van der Waals surface area contributed by atoms with E-state index in [0.29, 0.717) is 0 Å². The maximum absolute atomic E-state index is 11.1. The van der Waals surface area contributed by atoms with E-state index >= 15 is 0 Å². The van der Waals surface area contributed by atoms with Crippen LogP contribution in [-0.4, -0.2) is 43.1 Å². The quantitative estimate of drug-likeness (QED) is 0.549. The van der Waals surface area contributed by atoms with E-state index in [1.807, 2.05) is 0 Å². The number of nitrogens with one attached hydrogen (secondary N) is 1. The Balaban J connectivity index is 2.89. The molecule has 1 atom stereocenters. The van der Waals surface area contributed by atoms with E-state index in [1.165, 1.54) is 6.92 Å². The van der Waals surface area contributed by atoms with Gasteiger partial charge in [0.15, 0.2) is 9.84 Å². The van der Waals surface area contributed by atoms with Gasteiger partial charge in [0.25, 0.3) is 0 Å². The van der Waals surface area contributed by atoms with Crippen LogP contribution in [0.15, 0.2) is 0 Å². The highest BCUT2D eigenvalue weighted by atomic mass is 32.2. The second-order valence-electron chi connectivity index (χ2n) is 3.16. The molecule has 1 aliphatic heterocycles. The summed E-state index contributed by atoms with van der Waals surface area (Å²) in [4.78, 5) is 10.6. The molecule has 1 heterocycles. The molecular formula is C6H11NO4S. The van der Waals surface area contributed by atoms with Crippen molar-refractivity contribution >= 4 is 15.8 Å². The molecule has 2 N–H and O–H groups in total. The highest BCUT2D eigenvalue weighted by Crippen LogP contribution is 2.12. The zero-order valence-electron chi connectivity index (χ0n) is 6.70. The first-order valence-corrected chi connectivity index (χ1v) is 5.37. The minimum absolute atomic E-state index is 0.0237. The molecule has 12 heavy (non-hydrogen) atoms. The van der Waals surface area contributed by atoms with Crippen molar-refractivity contribution in [3.05, 3.63) is 0 Å². The van der Waals surface area contributed by atoms with Crippen LogP contribution < -0.4 is 5.32 Å². The molecule has 5 nitrogen and oxygen atoms in total. The lowest BCUT2D eigenvalue weighted by atomic mass is 10.1. The Bertz CT molecular complexity index is 297. The van der Waals surface area contributed by atoms with Gasteiger partial charge in [-0.2, -0.15) is 0 Å². The first-order valence-electron chi connectivity index (χ1n) is 3.55. The molecule has 1 fully saturated rings. The summed E-state index contributed by atoms with van der Waals surface area (Å²) in [6.45, 7) is 1.59. The van der Waals surface area contributed by atoms with Gasteiger partial charge in [0, 0.05) is 6.54 Å². The van der Waals surface area contributed by atoms with E-state index in [2.05, 4.69) is 5.32 Å². The highest BCUT2D eigenvalue weighted by Gasteiger charge is 2.40. The Morgan fingerprint density at radius 2 is 2.17 bits per heavy atom. The number of carboxylic acids is 1. The maximum atomic E-state index is 11.1. The van der Waals surface area contributed by atoms with Crippen LogP contribution in [-0.2, 0) is 14.6 Å². The van der Waals surface area contributed by atoms with Crippen LogP contribution in [0, 0.1) is 0 Å². The van der Waals surface area contributed by atoms with E-state index in [4.69, 9.17) is 5.11 Å². The number of carboxylic acid groups (broad SMARTS) is 1. The zero-order valence-corrected chi connectivity index (χ0v) is 7.52. The number of sulfone groups is 1. The summed E-state index contributed by atoms with van der Waals surface area (Å²) >= 11 is 0. The number of aliphatic carboxylic acids is 1. The normalized spacial score (nSPS) is 34.4. The minimum Gasteiger partial charge on any atom is -0.480 e. The van der Waals surface area contributed by atoms with E-state index in [1.54, 1.807) is 0 Å². The molecular weight excluding hydrogens is 182 g/mol. The molecule has 1 saturated heterocycles. The minimum atomic E-state index is -3.18. The average Bonchev–Trinajstić information content (AvgIpc) is 1.83. The van der Waals surface area contributed by atoms with Crippen molar-refractivity contribution in [2.75, 3.05) is 18.1 Å². The Kier molecular flexibility index (Phi) is 2.13. The molecule has 1 unspecified atom stereocenters. The van der Waals surface area contributed by atoms with E-state index in [-0.39, 0.29) is 18.1 Å². The third-order valence-corrected chi connectivity index (χ3v) is 3.75. The average molecular weight is 193 g/mol. The van der Waals surface area contributed by atoms with Gasteiger partial charge in [-0.05, 0) is 6.92 Å². The summed E-state index contributed by atoms with van der Waals surface area (Å²) in [5.74, 6) is -1.42. The zero-order chi connectivity index (χ0) is 9.41. The van der Waals surface area contributed by atoms with E-state index in [9.17, 15) is 13.2 Å². The molecule has 0 aromatic carbocycles. The Labute approximate surface area is 70.7 Å². The van der Waals surface area contributed by atoms with Crippen LogP contribution in [0.4, 0.5) is 0 Å². The molecule has 6 heteroatoms. The van der Waals surface area contributed by atoms with Gasteiger partial charge in [-0.3, -0.25) is 4.79 Å². The van der Waals surface area contributed by atoms with Crippen molar-refractivity contribution in [3.8, 4) is 0 Å². The Morgan fingerprint density at radius 1 is 1.58 bits per heavy atom. The molecule has 70 valence electrons. The fourth-order valence-corrected chi connectivity index (χ4v) is 2.85. The topological polar surface area (TPSA) is 83.5 Å². The van der Waals surface area contributed by atoms with Crippen LogP contribution in [0.1, 0.15) is 6.92 Å². The van der Waals surface area contributed by atoms with Crippen molar-refractivity contribution < 1.29 is 18.3 Å². The number of rotatable bonds is 1. The largest absolute Gasteiger partial charge is 0.480 e. The SMILES string of the molecule is CC1(C(=O)O)CS(=O)(=O)CCN1. The van der Waals surface area contributed by atoms with Gasteiger partial charge in [0.1, 0.15) is 5.54 Å². The Hall–Kier alpha value is -0.620. The van der Waals surface area contributed by atoms with Crippen LogP contribution in [0.3, 0.4) is 0 Å². The lowest BCUT2D eigenvalue weighted by molar-refractivity contribution is -0.143. The highest BCUT2D eigenvalue weighted by molar-refractivity contribution is 7.91. The third-order valence-electron chi connectivity index (χ3n) is 1.91. The first-order chi connectivity index (χ1) is 5.36. The molecule has 1 aliphatic rings. The number of carbonyl (C=O) groups is 1. The van der Waals surface area contributed by atoms with Crippen LogP contribution in [0.25, 0.3) is 0 Å². The molecule has 0 bridgehead atoms. The van der Waals surface area contributed by atoms with Gasteiger partial charge >= 0.3 is 5.97 Å². The molecule has 0 saturated carbocycles. The molecule has 0 radical (unpaired) electrons. The smallest absolute Gasteiger partial charge is 0.324 e. The summed E-state index contributed by atoms with van der Waals surface area (Å²) in [5, 5.41) is 11.4. The Morgan fingerprint density at radius 3 is 2.50 bits per heavy atom. The number of hydrogen-bond donors (Lipinski definition) is 2. The maximum Gasteiger partial charge on any atom is 0.324 e. The van der Waals surface area contributed by atoms with Crippen molar-refractivity contribution in [1.82, 2.24) is 5.32 Å². The molecule has 0 spiro atoms. The lowest BCUT2D eigenvalue weighted by Crippen LogP contribution is -2.59. The van der Waals surface area contributed by atoms with Crippen molar-refractivity contribution in [2.45, 2.75) is 12.5 Å². The fraction of sp³-hybridized carbons (Fsp3) is 0.833. The predicted octanol–water partition coefficient (Wildman–Crippen LogP) is -1.15. The predicted molar refractivity (Wildman–Crippen MR) is 42.7 cm³/mol. The molecule has 0 amide bonds. The van der Waals surface area contributed by atoms with E-state index < -0.39 is 21.3 Å². The van der Waals surface area contributed by atoms with Crippen molar-refractivity contribution in [2.24, 2.45) is 0 Å². The van der Waals surface area contributed by atoms with Crippen molar-refractivity contribution in [1.29, 1.82) is 0 Å². The molecule has 1 rings (SSSR count). The monoisotopic (exact) mass is 193 g/mol. The van der Waals surface area contributed by atoms with Crippen LogP contribution >= 0.6 is 0 Å². The van der Waals surface area contributed by atoms with Crippen molar-refractivity contribution in [3.63, 3.8) is 0 Å². The second kappa shape index (κ2) is 2.70. The van der Waals surface area contributed by atoms with Crippen LogP contribution in [0.5, 0.6) is 0 Å². The number of hydrogen-bond acceptors (Lipinski definition) is 4. The van der Waals surface area contributed by atoms with Gasteiger partial charge in [-0.15, -0.1) is 0 Å². The molecule has 0 aromatic rings. The molecule has 0 aliphatic carbocycles. The first kappa shape index (κ1) is 9.47. The second-order valence-corrected chi connectivity index (χ2v) is 5.34. The lowest BCUT2D eigenvalue weighted by Gasteiger charge is -2.30. The van der Waals surface area contributed by atoms with Gasteiger partial charge in [0.05, 0.1) is 11.5 Å². The summed E-state index contributed by atoms with van der Waals surface area (Å²) in [7, 11) is -3.18. The van der Waals surface area contributed by atoms with Gasteiger partial charge in [0.2, 0.25) is 0 Å². The summed E-state index contributed by atoms with van der Waals surface area (Å²) in [6, 6.07) is 0.